The van der Waals surface area contributed by atoms with Crippen LogP contribution in [-0.4, -0.2) is 25.8 Å². The largest absolute Gasteiger partial charge is 0.502 e. The summed E-state index contributed by atoms with van der Waals surface area (Å²) < 4.78 is 10.4. The van der Waals surface area contributed by atoms with Crippen LogP contribution in [0, 0.1) is 0 Å². The van der Waals surface area contributed by atoms with Crippen molar-refractivity contribution in [2.75, 3.05) is 19.7 Å². The van der Waals surface area contributed by atoms with E-state index in [0.717, 1.165) is 39.0 Å². The van der Waals surface area contributed by atoms with Crippen molar-refractivity contribution in [3.8, 4) is 0 Å². The van der Waals surface area contributed by atoms with Crippen LogP contribution in [0.15, 0.2) is 25.2 Å². The number of ether oxygens (including phenoxy) is 2. The molecule has 0 aromatic carbocycles. The standard InChI is InChI=1S/C11H19NO2/c1-2-13-8-5-7-12-10-11-6-3-4-9-14-11/h2,4,9,11-12H,1,3,5-8,10H2. The average molecular weight is 197 g/mol. The normalized spacial score (nSPS) is 20.1. The molecule has 0 fully saturated rings. The predicted octanol–water partition coefficient (Wildman–Crippen LogP) is 1.82. The highest BCUT2D eigenvalue weighted by Crippen LogP contribution is 2.08. The summed E-state index contributed by atoms with van der Waals surface area (Å²) in [6.45, 7) is 6.12. The van der Waals surface area contributed by atoms with Crippen LogP contribution >= 0.6 is 0 Å². The summed E-state index contributed by atoms with van der Waals surface area (Å²) in [6.07, 6.45) is 8.95. The van der Waals surface area contributed by atoms with E-state index >= 15 is 0 Å². The Balaban J connectivity index is 1.88. The van der Waals surface area contributed by atoms with E-state index in [-0.39, 0.29) is 0 Å². The van der Waals surface area contributed by atoms with Gasteiger partial charge in [-0.15, -0.1) is 0 Å². The van der Waals surface area contributed by atoms with Crippen molar-refractivity contribution in [3.05, 3.63) is 25.2 Å². The molecule has 3 nitrogen and oxygen atoms in total. The van der Waals surface area contributed by atoms with Gasteiger partial charge in [-0.2, -0.15) is 0 Å². The number of allylic oxidation sites excluding steroid dienone is 1. The lowest BCUT2D eigenvalue weighted by Crippen LogP contribution is -2.30. The van der Waals surface area contributed by atoms with Crippen molar-refractivity contribution < 1.29 is 9.47 Å². The molecule has 3 heteroatoms. The van der Waals surface area contributed by atoms with Crippen molar-refractivity contribution >= 4 is 0 Å². The molecule has 0 aromatic rings. The van der Waals surface area contributed by atoms with E-state index < -0.39 is 0 Å². The molecular weight excluding hydrogens is 178 g/mol. The van der Waals surface area contributed by atoms with E-state index in [2.05, 4.69) is 18.0 Å². The van der Waals surface area contributed by atoms with Gasteiger partial charge in [0.05, 0.1) is 19.1 Å². The molecule has 1 aliphatic rings. The van der Waals surface area contributed by atoms with Gasteiger partial charge in [0, 0.05) is 6.54 Å². The number of nitrogens with one attached hydrogen (secondary N) is 1. The van der Waals surface area contributed by atoms with Gasteiger partial charge >= 0.3 is 0 Å². The van der Waals surface area contributed by atoms with Crippen LogP contribution in [0.25, 0.3) is 0 Å². The fourth-order valence-electron chi connectivity index (χ4n) is 1.36. The Bertz CT molecular complexity index is 180. The summed E-state index contributed by atoms with van der Waals surface area (Å²) in [5.41, 5.74) is 0. The maximum absolute atomic E-state index is 5.42. The lowest BCUT2D eigenvalue weighted by atomic mass is 10.1. The molecule has 1 aliphatic heterocycles. The molecule has 1 unspecified atom stereocenters. The van der Waals surface area contributed by atoms with E-state index in [4.69, 9.17) is 9.47 Å². The Labute approximate surface area is 85.8 Å². The van der Waals surface area contributed by atoms with Crippen molar-refractivity contribution in [1.82, 2.24) is 5.32 Å². The van der Waals surface area contributed by atoms with Crippen LogP contribution in [0.4, 0.5) is 0 Å². The maximum atomic E-state index is 5.42. The van der Waals surface area contributed by atoms with Crippen LogP contribution < -0.4 is 5.32 Å². The molecule has 1 N–H and O–H groups in total. The van der Waals surface area contributed by atoms with Crippen LogP contribution in [0.5, 0.6) is 0 Å². The smallest absolute Gasteiger partial charge is 0.110 e. The molecule has 0 spiro atoms. The SMILES string of the molecule is C=COCCCNCC1CCC=CO1. The molecule has 0 saturated heterocycles. The van der Waals surface area contributed by atoms with E-state index in [9.17, 15) is 0 Å². The Kier molecular flexibility index (Phi) is 5.91. The third-order valence-electron chi connectivity index (χ3n) is 2.13. The molecule has 80 valence electrons. The Morgan fingerprint density at radius 1 is 1.64 bits per heavy atom. The Morgan fingerprint density at radius 2 is 2.57 bits per heavy atom. The first kappa shape index (κ1) is 11.1. The summed E-state index contributed by atoms with van der Waals surface area (Å²) in [6, 6.07) is 0. The highest BCUT2D eigenvalue weighted by Gasteiger charge is 2.09. The third kappa shape index (κ3) is 4.92. The minimum absolute atomic E-state index is 0.348. The zero-order valence-electron chi connectivity index (χ0n) is 8.58. The lowest BCUT2D eigenvalue weighted by molar-refractivity contribution is 0.121. The van der Waals surface area contributed by atoms with E-state index in [1.54, 1.807) is 6.26 Å². The summed E-state index contributed by atoms with van der Waals surface area (Å²) in [5.74, 6) is 0. The van der Waals surface area contributed by atoms with Crippen molar-refractivity contribution in [2.45, 2.75) is 25.4 Å². The van der Waals surface area contributed by atoms with Crippen LogP contribution in [0.2, 0.25) is 0 Å². The second kappa shape index (κ2) is 7.44. The van der Waals surface area contributed by atoms with Gasteiger partial charge in [0.15, 0.2) is 0 Å². The predicted molar refractivity (Wildman–Crippen MR) is 56.9 cm³/mol. The second-order valence-electron chi connectivity index (χ2n) is 3.30. The molecule has 0 aliphatic carbocycles. The van der Waals surface area contributed by atoms with Gasteiger partial charge < -0.3 is 14.8 Å². The minimum Gasteiger partial charge on any atom is -0.502 e. The summed E-state index contributed by atoms with van der Waals surface area (Å²) in [7, 11) is 0. The third-order valence-corrected chi connectivity index (χ3v) is 2.13. The van der Waals surface area contributed by atoms with Crippen LogP contribution in [-0.2, 0) is 9.47 Å². The zero-order chi connectivity index (χ0) is 10.1. The van der Waals surface area contributed by atoms with Gasteiger partial charge in [0.1, 0.15) is 6.10 Å². The highest BCUT2D eigenvalue weighted by molar-refractivity contribution is 4.82. The summed E-state index contributed by atoms with van der Waals surface area (Å²) in [5, 5.41) is 3.34. The molecule has 0 aromatic heterocycles. The first-order valence-corrected chi connectivity index (χ1v) is 5.17. The summed E-state index contributed by atoms with van der Waals surface area (Å²) >= 11 is 0. The molecule has 1 rings (SSSR count). The number of hydrogen-bond acceptors (Lipinski definition) is 3. The van der Waals surface area contributed by atoms with Crippen molar-refractivity contribution in [3.63, 3.8) is 0 Å². The molecule has 0 amide bonds. The van der Waals surface area contributed by atoms with Crippen molar-refractivity contribution in [1.29, 1.82) is 0 Å². The number of hydrogen-bond donors (Lipinski definition) is 1. The summed E-state index contributed by atoms with van der Waals surface area (Å²) in [4.78, 5) is 0. The Morgan fingerprint density at radius 3 is 3.29 bits per heavy atom. The molecule has 0 radical (unpaired) electrons. The highest BCUT2D eigenvalue weighted by atomic mass is 16.5. The molecule has 0 saturated carbocycles. The first-order chi connectivity index (χ1) is 6.93. The monoisotopic (exact) mass is 197 g/mol. The molecule has 0 bridgehead atoms. The van der Waals surface area contributed by atoms with E-state index in [0.29, 0.717) is 6.10 Å². The van der Waals surface area contributed by atoms with Gasteiger partial charge in [-0.3, -0.25) is 0 Å². The van der Waals surface area contributed by atoms with Gasteiger partial charge in [-0.25, -0.2) is 0 Å². The molecule has 1 atom stereocenters. The van der Waals surface area contributed by atoms with Crippen LogP contribution in [0.1, 0.15) is 19.3 Å². The maximum Gasteiger partial charge on any atom is 0.110 e. The molecule has 14 heavy (non-hydrogen) atoms. The second-order valence-corrected chi connectivity index (χ2v) is 3.30. The van der Waals surface area contributed by atoms with Gasteiger partial charge in [-0.1, -0.05) is 6.58 Å². The van der Waals surface area contributed by atoms with Gasteiger partial charge in [0.25, 0.3) is 0 Å². The zero-order valence-corrected chi connectivity index (χ0v) is 8.58. The average Bonchev–Trinajstić information content (AvgIpc) is 2.25. The fraction of sp³-hybridized carbons (Fsp3) is 0.636. The van der Waals surface area contributed by atoms with Crippen LogP contribution in [0.3, 0.4) is 0 Å². The topological polar surface area (TPSA) is 30.5 Å². The van der Waals surface area contributed by atoms with E-state index in [1.165, 1.54) is 6.26 Å². The lowest BCUT2D eigenvalue weighted by Gasteiger charge is -2.19. The van der Waals surface area contributed by atoms with Gasteiger partial charge in [-0.05, 0) is 31.9 Å². The van der Waals surface area contributed by atoms with Crippen molar-refractivity contribution in [2.24, 2.45) is 0 Å². The fourth-order valence-corrected chi connectivity index (χ4v) is 1.36. The minimum atomic E-state index is 0.348. The first-order valence-electron chi connectivity index (χ1n) is 5.17. The van der Waals surface area contributed by atoms with Gasteiger partial charge in [0.2, 0.25) is 0 Å². The van der Waals surface area contributed by atoms with E-state index in [1.807, 2.05) is 0 Å². The molecule has 1 heterocycles. The Hall–Kier alpha value is -0.960. The molecular formula is C11H19NO2. The number of rotatable bonds is 7. The quantitative estimate of drug-likeness (QED) is 0.499.